The molecule has 1 atom stereocenters. The average molecular weight is 378 g/mol. The topological polar surface area (TPSA) is 67.9 Å². The second-order valence-corrected chi connectivity index (χ2v) is 7.89. The average Bonchev–Trinajstić information content (AvgIpc) is 3.20. The molecule has 2 heterocycles. The second-order valence-electron chi connectivity index (χ2n) is 6.74. The molecule has 6 nitrogen and oxygen atoms in total. The maximum absolute atomic E-state index is 12.8. The van der Waals surface area contributed by atoms with E-state index in [1.807, 2.05) is 16.7 Å². The van der Waals surface area contributed by atoms with Crippen LogP contribution in [0.2, 0.25) is 0 Å². The van der Waals surface area contributed by atoms with Gasteiger partial charge in [-0.2, -0.15) is 11.8 Å². The summed E-state index contributed by atoms with van der Waals surface area (Å²) < 4.78 is 10.5. The number of carbonyl (C=O) groups is 2. The predicted octanol–water partition coefficient (Wildman–Crippen LogP) is 2.18. The smallest absolute Gasteiger partial charge is 0.254 e. The van der Waals surface area contributed by atoms with Crippen LogP contribution in [0.3, 0.4) is 0 Å². The third kappa shape index (κ3) is 4.44. The number of rotatable bonds is 5. The van der Waals surface area contributed by atoms with E-state index in [2.05, 4.69) is 5.32 Å². The quantitative estimate of drug-likeness (QED) is 0.851. The lowest BCUT2D eigenvalue weighted by atomic mass is 9.95. The van der Waals surface area contributed by atoms with Crippen molar-refractivity contribution in [2.45, 2.75) is 25.3 Å². The van der Waals surface area contributed by atoms with Gasteiger partial charge in [0, 0.05) is 42.4 Å². The standard InChI is InChI=1S/C19H26N2O4S/c1-24-16-9-14(10-17(11-16)25-2)19(23)21-6-3-13(4-7-21)18(22)20-15-5-8-26-12-15/h9-11,13,15H,3-8,12H2,1-2H3,(H,20,22). The van der Waals surface area contributed by atoms with Crippen LogP contribution in [0.5, 0.6) is 11.5 Å². The molecule has 1 aromatic carbocycles. The molecule has 2 aliphatic rings. The Morgan fingerprint density at radius 2 is 1.73 bits per heavy atom. The van der Waals surface area contributed by atoms with Crippen LogP contribution in [0.4, 0.5) is 0 Å². The number of methoxy groups -OCH3 is 2. The molecule has 0 aromatic heterocycles. The Hall–Kier alpha value is -1.89. The van der Waals surface area contributed by atoms with E-state index < -0.39 is 0 Å². The number of ether oxygens (including phenoxy) is 2. The Bertz CT molecular complexity index is 631. The number of amides is 2. The highest BCUT2D eigenvalue weighted by Gasteiger charge is 2.29. The normalized spacial score (nSPS) is 20.7. The van der Waals surface area contributed by atoms with Crippen molar-refractivity contribution in [2.75, 3.05) is 38.8 Å². The number of thioether (sulfide) groups is 1. The predicted molar refractivity (Wildman–Crippen MR) is 102 cm³/mol. The molecule has 0 radical (unpaired) electrons. The first-order valence-electron chi connectivity index (χ1n) is 9.01. The van der Waals surface area contributed by atoms with E-state index in [9.17, 15) is 9.59 Å². The molecule has 0 spiro atoms. The van der Waals surface area contributed by atoms with Crippen molar-refractivity contribution in [3.8, 4) is 11.5 Å². The molecule has 1 unspecified atom stereocenters. The highest BCUT2D eigenvalue weighted by atomic mass is 32.2. The van der Waals surface area contributed by atoms with Gasteiger partial charge in [-0.05, 0) is 37.1 Å². The molecule has 2 amide bonds. The van der Waals surface area contributed by atoms with Crippen LogP contribution in [0, 0.1) is 5.92 Å². The Morgan fingerprint density at radius 1 is 1.08 bits per heavy atom. The molecule has 2 saturated heterocycles. The summed E-state index contributed by atoms with van der Waals surface area (Å²) in [5.41, 5.74) is 0.548. The first-order valence-corrected chi connectivity index (χ1v) is 10.2. The number of hydrogen-bond acceptors (Lipinski definition) is 5. The van der Waals surface area contributed by atoms with E-state index in [0.717, 1.165) is 17.9 Å². The fourth-order valence-corrected chi connectivity index (χ4v) is 4.58. The number of carbonyl (C=O) groups excluding carboxylic acids is 2. The SMILES string of the molecule is COc1cc(OC)cc(C(=O)N2CCC(C(=O)NC3CCSC3)CC2)c1. The molecule has 2 aliphatic heterocycles. The van der Waals surface area contributed by atoms with Crippen LogP contribution >= 0.6 is 11.8 Å². The Balaban J connectivity index is 1.57. The van der Waals surface area contributed by atoms with E-state index in [0.29, 0.717) is 49.0 Å². The van der Waals surface area contributed by atoms with Gasteiger partial charge in [0.1, 0.15) is 11.5 Å². The summed E-state index contributed by atoms with van der Waals surface area (Å²) in [6.07, 6.45) is 2.47. The molecule has 0 saturated carbocycles. The molecular formula is C19H26N2O4S. The van der Waals surface area contributed by atoms with E-state index in [4.69, 9.17) is 9.47 Å². The number of piperidine rings is 1. The minimum atomic E-state index is -0.0479. The number of nitrogens with one attached hydrogen (secondary N) is 1. The van der Waals surface area contributed by atoms with Crippen molar-refractivity contribution in [1.82, 2.24) is 10.2 Å². The summed E-state index contributed by atoms with van der Waals surface area (Å²) >= 11 is 1.89. The van der Waals surface area contributed by atoms with E-state index in [1.165, 1.54) is 0 Å². The molecule has 2 fully saturated rings. The zero-order valence-corrected chi connectivity index (χ0v) is 16.1. The van der Waals surface area contributed by atoms with E-state index in [-0.39, 0.29) is 17.7 Å². The zero-order valence-electron chi connectivity index (χ0n) is 15.3. The second kappa shape index (κ2) is 8.66. The van der Waals surface area contributed by atoms with E-state index >= 15 is 0 Å². The van der Waals surface area contributed by atoms with Crippen LogP contribution in [-0.4, -0.2) is 61.6 Å². The molecule has 0 bridgehead atoms. The Labute approximate surface area is 158 Å². The minimum Gasteiger partial charge on any atom is -0.497 e. The van der Waals surface area contributed by atoms with Crippen LogP contribution in [0.25, 0.3) is 0 Å². The third-order valence-corrected chi connectivity index (χ3v) is 6.19. The van der Waals surface area contributed by atoms with Crippen molar-refractivity contribution >= 4 is 23.6 Å². The summed E-state index contributed by atoms with van der Waals surface area (Å²) in [6.45, 7) is 1.19. The molecule has 0 aliphatic carbocycles. The molecular weight excluding hydrogens is 352 g/mol. The monoisotopic (exact) mass is 378 g/mol. The Kier molecular flexibility index (Phi) is 6.29. The van der Waals surface area contributed by atoms with Gasteiger partial charge < -0.3 is 19.7 Å². The zero-order chi connectivity index (χ0) is 18.5. The molecule has 142 valence electrons. The highest BCUT2D eigenvalue weighted by Crippen LogP contribution is 2.26. The largest absolute Gasteiger partial charge is 0.497 e. The van der Waals surface area contributed by atoms with Gasteiger partial charge in [-0.3, -0.25) is 9.59 Å². The van der Waals surface area contributed by atoms with Crippen LogP contribution < -0.4 is 14.8 Å². The highest BCUT2D eigenvalue weighted by molar-refractivity contribution is 7.99. The van der Waals surface area contributed by atoms with Gasteiger partial charge in [0.25, 0.3) is 5.91 Å². The summed E-state index contributed by atoms with van der Waals surface area (Å²) in [4.78, 5) is 27.0. The van der Waals surface area contributed by atoms with Gasteiger partial charge in [0.2, 0.25) is 5.91 Å². The first-order chi connectivity index (χ1) is 12.6. The fourth-order valence-electron chi connectivity index (χ4n) is 3.43. The summed E-state index contributed by atoms with van der Waals surface area (Å²) in [5, 5.41) is 3.16. The lowest BCUT2D eigenvalue weighted by molar-refractivity contribution is -0.126. The van der Waals surface area contributed by atoms with Crippen molar-refractivity contribution in [3.05, 3.63) is 23.8 Å². The van der Waals surface area contributed by atoms with Gasteiger partial charge in [0.15, 0.2) is 0 Å². The van der Waals surface area contributed by atoms with Crippen LogP contribution in [-0.2, 0) is 4.79 Å². The van der Waals surface area contributed by atoms with Crippen molar-refractivity contribution in [2.24, 2.45) is 5.92 Å². The number of hydrogen-bond donors (Lipinski definition) is 1. The molecule has 3 rings (SSSR count). The maximum atomic E-state index is 12.8. The summed E-state index contributed by atoms with van der Waals surface area (Å²) in [5.74, 6) is 3.43. The van der Waals surface area contributed by atoms with Crippen molar-refractivity contribution in [3.63, 3.8) is 0 Å². The lowest BCUT2D eigenvalue weighted by Gasteiger charge is -2.32. The van der Waals surface area contributed by atoms with Gasteiger partial charge in [-0.1, -0.05) is 0 Å². The number of likely N-dealkylation sites (tertiary alicyclic amines) is 1. The molecule has 1 N–H and O–H groups in total. The maximum Gasteiger partial charge on any atom is 0.254 e. The van der Waals surface area contributed by atoms with E-state index in [1.54, 1.807) is 32.4 Å². The van der Waals surface area contributed by atoms with Gasteiger partial charge in [-0.25, -0.2) is 0 Å². The summed E-state index contributed by atoms with van der Waals surface area (Å²) in [7, 11) is 3.13. The Morgan fingerprint density at radius 3 is 2.27 bits per heavy atom. The summed E-state index contributed by atoms with van der Waals surface area (Å²) in [6, 6.07) is 5.51. The minimum absolute atomic E-state index is 0.00416. The van der Waals surface area contributed by atoms with Crippen LogP contribution in [0.15, 0.2) is 18.2 Å². The number of nitrogens with zero attached hydrogens (tertiary/aromatic N) is 1. The van der Waals surface area contributed by atoms with Gasteiger partial charge >= 0.3 is 0 Å². The lowest BCUT2D eigenvalue weighted by Crippen LogP contribution is -2.45. The number of benzene rings is 1. The van der Waals surface area contributed by atoms with Crippen LogP contribution in [0.1, 0.15) is 29.6 Å². The molecule has 26 heavy (non-hydrogen) atoms. The fraction of sp³-hybridized carbons (Fsp3) is 0.579. The molecule has 1 aromatic rings. The van der Waals surface area contributed by atoms with Gasteiger partial charge in [-0.15, -0.1) is 0 Å². The molecule has 7 heteroatoms. The van der Waals surface area contributed by atoms with Crippen molar-refractivity contribution < 1.29 is 19.1 Å². The van der Waals surface area contributed by atoms with Crippen molar-refractivity contribution in [1.29, 1.82) is 0 Å². The third-order valence-electron chi connectivity index (χ3n) is 5.03. The first kappa shape index (κ1) is 18.9. The van der Waals surface area contributed by atoms with Gasteiger partial charge in [0.05, 0.1) is 14.2 Å².